The van der Waals surface area contributed by atoms with Gasteiger partial charge in [-0.25, -0.2) is 4.79 Å². The van der Waals surface area contributed by atoms with Crippen LogP contribution in [0.15, 0.2) is 18.2 Å². The summed E-state index contributed by atoms with van der Waals surface area (Å²) < 4.78 is 15.8. The highest BCUT2D eigenvalue weighted by Gasteiger charge is 2.33. The number of hydrogen-bond acceptors (Lipinski definition) is 6. The summed E-state index contributed by atoms with van der Waals surface area (Å²) in [5.41, 5.74) is 2.16. The van der Waals surface area contributed by atoms with Crippen LogP contribution in [-0.2, 0) is 4.74 Å². The molecule has 31 heavy (non-hydrogen) atoms. The maximum absolute atomic E-state index is 13.4. The molecule has 8 heteroatoms. The van der Waals surface area contributed by atoms with Gasteiger partial charge in [0.15, 0.2) is 17.3 Å². The molecule has 0 fully saturated rings. The SMILES string of the molecule is CCOC(=O)c1[nH]c(C)c(C(=O)C(C)N(C(=O)c2ccc3c(c2)OCO3)C(C)C)c1C. The minimum absolute atomic E-state index is 0.116. The molecule has 0 spiro atoms. The van der Waals surface area contributed by atoms with Crippen molar-refractivity contribution in [3.8, 4) is 11.5 Å². The third-order valence-electron chi connectivity index (χ3n) is 5.37. The number of fused-ring (bicyclic) bond motifs is 1. The van der Waals surface area contributed by atoms with E-state index in [9.17, 15) is 14.4 Å². The van der Waals surface area contributed by atoms with E-state index < -0.39 is 12.0 Å². The van der Waals surface area contributed by atoms with E-state index in [0.29, 0.717) is 33.9 Å². The first-order valence-electron chi connectivity index (χ1n) is 10.3. The van der Waals surface area contributed by atoms with Crippen molar-refractivity contribution < 1.29 is 28.6 Å². The van der Waals surface area contributed by atoms with Crippen LogP contribution in [0.3, 0.4) is 0 Å². The number of nitrogens with one attached hydrogen (secondary N) is 1. The van der Waals surface area contributed by atoms with Crippen LogP contribution in [0.5, 0.6) is 11.5 Å². The molecule has 2 heterocycles. The number of carbonyl (C=O) groups excluding carboxylic acids is 3. The topological polar surface area (TPSA) is 97.9 Å². The van der Waals surface area contributed by atoms with Crippen LogP contribution in [0.4, 0.5) is 0 Å². The van der Waals surface area contributed by atoms with Crippen molar-refractivity contribution in [1.82, 2.24) is 9.88 Å². The molecule has 166 valence electrons. The Labute approximate surface area is 181 Å². The predicted molar refractivity (Wildman–Crippen MR) is 114 cm³/mol. The van der Waals surface area contributed by atoms with E-state index in [1.165, 1.54) is 4.90 Å². The van der Waals surface area contributed by atoms with E-state index in [2.05, 4.69) is 4.98 Å². The molecule has 2 aromatic rings. The van der Waals surface area contributed by atoms with Gasteiger partial charge in [-0.3, -0.25) is 9.59 Å². The fourth-order valence-electron chi connectivity index (χ4n) is 3.90. The number of Topliss-reactive ketones (excluding diaryl/α,β-unsaturated/α-hetero) is 1. The Bertz CT molecular complexity index is 1020. The fraction of sp³-hybridized carbons (Fsp3) is 0.435. The summed E-state index contributed by atoms with van der Waals surface area (Å²) in [6.07, 6.45) is 0. The average molecular weight is 428 g/mol. The number of benzene rings is 1. The zero-order chi connectivity index (χ0) is 22.9. The van der Waals surface area contributed by atoms with E-state index in [1.54, 1.807) is 45.9 Å². The summed E-state index contributed by atoms with van der Waals surface area (Å²) in [7, 11) is 0. The van der Waals surface area contributed by atoms with Crippen molar-refractivity contribution in [2.45, 2.75) is 53.6 Å². The van der Waals surface area contributed by atoms with Gasteiger partial charge in [-0.15, -0.1) is 0 Å². The van der Waals surface area contributed by atoms with Gasteiger partial charge >= 0.3 is 5.97 Å². The van der Waals surface area contributed by atoms with Crippen molar-refractivity contribution in [3.63, 3.8) is 0 Å². The van der Waals surface area contributed by atoms with Crippen molar-refractivity contribution in [3.05, 3.63) is 46.3 Å². The lowest BCUT2D eigenvalue weighted by molar-refractivity contribution is 0.0518. The van der Waals surface area contributed by atoms with Gasteiger partial charge in [0.25, 0.3) is 5.91 Å². The van der Waals surface area contributed by atoms with Crippen LogP contribution < -0.4 is 9.47 Å². The van der Waals surface area contributed by atoms with Crippen LogP contribution in [0.2, 0.25) is 0 Å². The maximum Gasteiger partial charge on any atom is 0.355 e. The highest BCUT2D eigenvalue weighted by molar-refractivity contribution is 6.07. The number of amides is 1. The molecular weight excluding hydrogens is 400 g/mol. The Kier molecular flexibility index (Phi) is 6.38. The first-order valence-corrected chi connectivity index (χ1v) is 10.3. The van der Waals surface area contributed by atoms with Gasteiger partial charge in [0.2, 0.25) is 6.79 Å². The zero-order valence-corrected chi connectivity index (χ0v) is 18.7. The minimum atomic E-state index is -0.749. The Hall–Kier alpha value is -3.29. The number of rotatable bonds is 7. The van der Waals surface area contributed by atoms with Crippen molar-refractivity contribution in [2.75, 3.05) is 13.4 Å². The van der Waals surface area contributed by atoms with Gasteiger partial charge in [-0.05, 0) is 65.3 Å². The summed E-state index contributed by atoms with van der Waals surface area (Å²) >= 11 is 0. The van der Waals surface area contributed by atoms with Gasteiger partial charge in [-0.1, -0.05) is 0 Å². The molecule has 3 rings (SSSR count). The van der Waals surface area contributed by atoms with Crippen molar-refractivity contribution in [2.24, 2.45) is 0 Å². The molecule has 1 aliphatic rings. The molecule has 0 bridgehead atoms. The van der Waals surface area contributed by atoms with Crippen LogP contribution in [0.1, 0.15) is 70.2 Å². The second kappa shape index (κ2) is 8.83. The number of hydrogen-bond donors (Lipinski definition) is 1. The van der Waals surface area contributed by atoms with E-state index in [4.69, 9.17) is 14.2 Å². The summed E-state index contributed by atoms with van der Waals surface area (Å²) in [6, 6.07) is 3.99. The van der Waals surface area contributed by atoms with Gasteiger partial charge in [0.05, 0.1) is 12.6 Å². The fourth-order valence-corrected chi connectivity index (χ4v) is 3.90. The monoisotopic (exact) mass is 428 g/mol. The zero-order valence-electron chi connectivity index (χ0n) is 18.7. The molecule has 1 N–H and O–H groups in total. The first kappa shape index (κ1) is 22.4. The number of ether oxygens (including phenoxy) is 3. The smallest absolute Gasteiger partial charge is 0.355 e. The summed E-state index contributed by atoms with van der Waals surface area (Å²) in [5, 5.41) is 0. The van der Waals surface area contributed by atoms with Crippen LogP contribution in [0, 0.1) is 13.8 Å². The van der Waals surface area contributed by atoms with Crippen LogP contribution in [0.25, 0.3) is 0 Å². The minimum Gasteiger partial charge on any atom is -0.461 e. The lowest BCUT2D eigenvalue weighted by atomic mass is 9.98. The molecule has 1 aromatic carbocycles. The van der Waals surface area contributed by atoms with Crippen LogP contribution >= 0.6 is 0 Å². The van der Waals surface area contributed by atoms with Gasteiger partial charge in [0.1, 0.15) is 5.69 Å². The Morgan fingerprint density at radius 3 is 2.45 bits per heavy atom. The third kappa shape index (κ3) is 4.15. The number of esters is 1. The molecule has 8 nitrogen and oxygen atoms in total. The van der Waals surface area contributed by atoms with Gasteiger partial charge in [0, 0.05) is 22.9 Å². The van der Waals surface area contributed by atoms with Crippen LogP contribution in [-0.4, -0.2) is 53.0 Å². The summed E-state index contributed by atoms with van der Waals surface area (Å²) in [6.45, 7) is 10.9. The second-order valence-corrected chi connectivity index (χ2v) is 7.76. The number of carbonyl (C=O) groups is 3. The molecule has 0 aliphatic carbocycles. The van der Waals surface area contributed by atoms with E-state index >= 15 is 0 Å². The van der Waals surface area contributed by atoms with E-state index in [-0.39, 0.29) is 36.8 Å². The second-order valence-electron chi connectivity index (χ2n) is 7.76. The molecule has 1 atom stereocenters. The number of aryl methyl sites for hydroxylation is 1. The number of ketones is 1. The Balaban J connectivity index is 1.92. The maximum atomic E-state index is 13.4. The average Bonchev–Trinajstić information content (AvgIpc) is 3.30. The predicted octanol–water partition coefficient (Wildman–Crippen LogP) is 3.66. The van der Waals surface area contributed by atoms with E-state index in [0.717, 1.165) is 0 Å². The van der Waals surface area contributed by atoms with Gasteiger partial charge < -0.3 is 24.1 Å². The molecular formula is C23H28N2O6. The quantitative estimate of drug-likeness (QED) is 0.534. The van der Waals surface area contributed by atoms with Crippen molar-refractivity contribution >= 4 is 17.7 Å². The number of aromatic nitrogens is 1. The van der Waals surface area contributed by atoms with Crippen molar-refractivity contribution in [1.29, 1.82) is 0 Å². The number of H-pyrrole nitrogens is 1. The lowest BCUT2D eigenvalue weighted by Crippen LogP contribution is -2.47. The Morgan fingerprint density at radius 1 is 1.13 bits per heavy atom. The van der Waals surface area contributed by atoms with E-state index in [1.807, 2.05) is 13.8 Å². The third-order valence-corrected chi connectivity index (χ3v) is 5.37. The molecule has 1 aromatic heterocycles. The molecule has 1 aliphatic heterocycles. The molecule has 1 unspecified atom stereocenters. The number of aromatic amines is 1. The normalized spacial score (nSPS) is 13.3. The first-order chi connectivity index (χ1) is 14.7. The highest BCUT2D eigenvalue weighted by atomic mass is 16.7. The molecule has 1 amide bonds. The standard InChI is InChI=1S/C23H28N2O6/c1-7-29-23(28)20-13(4)19(14(5)24-20)21(26)15(6)25(12(2)3)22(27)16-8-9-17-18(10-16)31-11-30-17/h8-10,12,15,24H,7,11H2,1-6H3. The largest absolute Gasteiger partial charge is 0.461 e. The number of nitrogens with zero attached hydrogens (tertiary/aromatic N) is 1. The summed E-state index contributed by atoms with van der Waals surface area (Å²) in [5.74, 6) is 0.0499. The lowest BCUT2D eigenvalue weighted by Gasteiger charge is -2.32. The Morgan fingerprint density at radius 2 is 1.81 bits per heavy atom. The molecule has 0 saturated heterocycles. The highest BCUT2D eigenvalue weighted by Crippen LogP contribution is 2.33. The van der Waals surface area contributed by atoms with Gasteiger partial charge in [-0.2, -0.15) is 0 Å². The summed E-state index contributed by atoms with van der Waals surface area (Å²) in [4.78, 5) is 43.5. The molecule has 0 saturated carbocycles. The molecule has 0 radical (unpaired) electrons.